The van der Waals surface area contributed by atoms with Gasteiger partial charge in [-0.15, -0.1) is 0 Å². The van der Waals surface area contributed by atoms with E-state index >= 15 is 0 Å². The molecule has 0 aliphatic heterocycles. The van der Waals surface area contributed by atoms with Crippen molar-refractivity contribution in [2.45, 2.75) is 48.0 Å². The van der Waals surface area contributed by atoms with E-state index in [-0.39, 0.29) is 0 Å². The summed E-state index contributed by atoms with van der Waals surface area (Å²) in [5.41, 5.74) is 32.8. The summed E-state index contributed by atoms with van der Waals surface area (Å²) in [6.07, 6.45) is 0.341. The fraction of sp³-hybridized carbons (Fsp3) is 0.0551. The monoisotopic (exact) mass is 1820 g/mol. The second-order valence-corrected chi connectivity index (χ2v) is 36.3. The molecule has 0 aliphatic rings. The number of para-hydroxylation sites is 1. The molecule has 0 amide bonds. The third-order valence-electron chi connectivity index (χ3n) is 27.6. The van der Waals surface area contributed by atoms with Gasteiger partial charge in [0.2, 0.25) is 0 Å². The summed E-state index contributed by atoms with van der Waals surface area (Å²) in [5.74, 6) is 4.52. The second kappa shape index (κ2) is 35.5. The van der Waals surface area contributed by atoms with Gasteiger partial charge in [0.1, 0.15) is 11.6 Å². The lowest BCUT2D eigenvalue weighted by Gasteiger charge is -2.19. The summed E-state index contributed by atoms with van der Waals surface area (Å²) in [6.45, 7) is 12.4. The van der Waals surface area contributed by atoms with Crippen LogP contribution < -0.4 is 0 Å². The Balaban J connectivity index is 0.659. The first-order valence-electron chi connectivity index (χ1n) is 47.4. The average Bonchev–Trinajstić information content (AvgIpc) is 1.58. The van der Waals surface area contributed by atoms with Crippen molar-refractivity contribution in [3.05, 3.63) is 456 Å². The van der Waals surface area contributed by atoms with Crippen molar-refractivity contribution in [1.29, 1.82) is 15.8 Å². The van der Waals surface area contributed by atoms with E-state index in [1.807, 2.05) is 166 Å². The number of aromatic nitrogens is 12. The zero-order valence-electron chi connectivity index (χ0n) is 78.4. The van der Waals surface area contributed by atoms with Crippen LogP contribution in [0, 0.1) is 75.5 Å². The van der Waals surface area contributed by atoms with Gasteiger partial charge in [-0.3, -0.25) is 0 Å². The molecular formula is C127H85N15. The standard InChI is InChI=1S/C127H85N15/c1-76-29-19-23-41-97(76)89-51-58-113-107(64-89)102-45-27-28-46-112(102)140(113)119-70-95(74-129)94(67-110(119)127-138-123(85-36-15-9-16-37-85)135-124(139-127)86-38-17-10-18-39-86)63-87-40-22-26-44-101(87)93-50-57-104-103-56-49-92(99-43-25-21-31-78(99)3)68-117(103)142(118(104)69-93)120-71-96(75-130)106(72-111(120)126-132-80(5)131-81(6)133-126)88-48-55-100(79(4)61-88)91-53-60-115-109(66-91)108-65-90(98-42-24-20-30-77(98)2)52-59-114(108)141(115)116-62-82(73-128)47-54-105(116)125-136-121(83-32-11-7-12-33-83)134-122(137-125)84-34-13-8-14-35-84/h7-62,64-72H,63H2,1-6H3. The Kier molecular flexibility index (Phi) is 21.5. The van der Waals surface area contributed by atoms with Crippen LogP contribution in [0.5, 0.6) is 0 Å². The minimum Gasteiger partial charge on any atom is -0.308 e. The fourth-order valence-electron chi connectivity index (χ4n) is 20.7. The second-order valence-electron chi connectivity index (χ2n) is 36.3. The first kappa shape index (κ1) is 85.8. The lowest BCUT2D eigenvalue weighted by molar-refractivity contribution is 0.927. The molecule has 0 atom stereocenters. The molecule has 668 valence electrons. The van der Waals surface area contributed by atoms with Crippen LogP contribution in [0.2, 0.25) is 0 Å². The highest BCUT2D eigenvalue weighted by molar-refractivity contribution is 6.15. The van der Waals surface area contributed by atoms with Crippen LogP contribution in [0.1, 0.15) is 61.7 Å². The lowest BCUT2D eigenvalue weighted by Crippen LogP contribution is -2.06. The number of rotatable bonds is 18. The van der Waals surface area contributed by atoms with Crippen molar-refractivity contribution in [1.82, 2.24) is 58.6 Å². The molecule has 18 aromatic carbocycles. The maximum atomic E-state index is 12.0. The first-order chi connectivity index (χ1) is 69.7. The predicted molar refractivity (Wildman–Crippen MR) is 572 cm³/mol. The number of hydrogen-bond donors (Lipinski definition) is 0. The Labute approximate surface area is 820 Å². The van der Waals surface area contributed by atoms with Gasteiger partial charge in [-0.2, -0.15) is 15.8 Å². The maximum absolute atomic E-state index is 12.0. The molecule has 0 saturated heterocycles. The van der Waals surface area contributed by atoms with Crippen molar-refractivity contribution in [3.63, 3.8) is 0 Å². The Morgan fingerprint density at radius 2 is 0.542 bits per heavy atom. The minimum atomic E-state index is 0.341. The van der Waals surface area contributed by atoms with E-state index in [1.165, 1.54) is 5.56 Å². The van der Waals surface area contributed by atoms with Crippen molar-refractivity contribution >= 4 is 65.4 Å². The van der Waals surface area contributed by atoms with Gasteiger partial charge in [0, 0.05) is 76.8 Å². The first-order valence-corrected chi connectivity index (χ1v) is 47.4. The third kappa shape index (κ3) is 15.3. The summed E-state index contributed by atoms with van der Waals surface area (Å²) in [5, 5.41) is 40.8. The number of nitriles is 3. The highest BCUT2D eigenvalue weighted by atomic mass is 15.1. The molecule has 0 radical (unpaired) electrons. The molecule has 24 rings (SSSR count). The summed E-state index contributed by atoms with van der Waals surface area (Å²) in [7, 11) is 0. The third-order valence-corrected chi connectivity index (χ3v) is 27.6. The normalized spacial score (nSPS) is 11.5. The zero-order valence-corrected chi connectivity index (χ0v) is 78.4. The van der Waals surface area contributed by atoms with Crippen molar-refractivity contribution in [2.75, 3.05) is 0 Å². The van der Waals surface area contributed by atoms with E-state index in [2.05, 4.69) is 302 Å². The van der Waals surface area contributed by atoms with Crippen LogP contribution in [0.15, 0.2) is 394 Å². The number of aryl methyl sites for hydroxylation is 6. The molecule has 142 heavy (non-hydrogen) atoms. The van der Waals surface area contributed by atoms with Gasteiger partial charge >= 0.3 is 0 Å². The molecule has 0 fully saturated rings. The van der Waals surface area contributed by atoms with Crippen LogP contribution in [-0.4, -0.2) is 58.6 Å². The fourth-order valence-corrected chi connectivity index (χ4v) is 20.7. The number of hydrogen-bond acceptors (Lipinski definition) is 12. The van der Waals surface area contributed by atoms with Gasteiger partial charge in [0.05, 0.1) is 85.1 Å². The average molecular weight is 1820 g/mol. The Hall–Kier alpha value is -19.1. The van der Waals surface area contributed by atoms with Gasteiger partial charge in [-0.25, -0.2) is 44.9 Å². The van der Waals surface area contributed by atoms with Crippen LogP contribution in [0.3, 0.4) is 0 Å². The molecule has 0 N–H and O–H groups in total. The molecular weight excluding hydrogens is 1740 g/mol. The number of fused-ring (bicyclic) bond motifs is 9. The number of nitrogens with zero attached hydrogens (tertiary/aromatic N) is 15. The Morgan fingerprint density at radius 1 is 0.197 bits per heavy atom. The SMILES string of the molecule is Cc1nc(C)nc(-c2cc(-c3ccc(-c4ccc5c(c4)c4cc(-c6ccccc6C)ccc4n5-c4cc(C#N)ccc4-c4nc(-c5ccccc5)nc(-c5ccccc5)n4)c(C)c3)c(C#N)cc2-n2c3cc(-c4ccccc4C)ccc3c3ccc(-c4ccccc4Cc4cc(-c5nc(-c6ccccc6)nc(-c6ccccc6)n5)c(-n5c6ccccc6c6cc(-c7ccccc7C)ccc65)cc4C#N)cc32)n1. The predicted octanol–water partition coefficient (Wildman–Crippen LogP) is 30.3. The van der Waals surface area contributed by atoms with Crippen LogP contribution >= 0.6 is 0 Å². The zero-order chi connectivity index (χ0) is 95.9. The van der Waals surface area contributed by atoms with Crippen molar-refractivity contribution in [2.24, 2.45) is 0 Å². The lowest BCUT2D eigenvalue weighted by atomic mass is 9.91. The quantitative estimate of drug-likeness (QED) is 0.0788. The van der Waals surface area contributed by atoms with E-state index in [1.54, 1.807) is 0 Å². The summed E-state index contributed by atoms with van der Waals surface area (Å²) < 4.78 is 6.82. The smallest absolute Gasteiger partial charge is 0.166 e. The molecule has 0 bridgehead atoms. The Morgan fingerprint density at radius 3 is 1.02 bits per heavy atom. The van der Waals surface area contributed by atoms with E-state index < -0.39 is 0 Å². The number of benzene rings is 18. The molecule has 15 nitrogen and oxygen atoms in total. The summed E-state index contributed by atoms with van der Waals surface area (Å²) >= 11 is 0. The van der Waals surface area contributed by atoms with Crippen LogP contribution in [0.25, 0.3) is 229 Å². The highest BCUT2D eigenvalue weighted by Crippen LogP contribution is 2.48. The van der Waals surface area contributed by atoms with Crippen LogP contribution in [-0.2, 0) is 6.42 Å². The minimum absolute atomic E-state index is 0.341. The maximum Gasteiger partial charge on any atom is 0.166 e. The van der Waals surface area contributed by atoms with E-state index in [0.717, 1.165) is 199 Å². The molecule has 24 aromatic rings. The van der Waals surface area contributed by atoms with Gasteiger partial charge in [0.25, 0.3) is 0 Å². The van der Waals surface area contributed by atoms with Crippen molar-refractivity contribution < 1.29 is 0 Å². The molecule has 0 saturated carbocycles. The topological polar surface area (TPSA) is 202 Å². The van der Waals surface area contributed by atoms with Crippen LogP contribution in [0.4, 0.5) is 0 Å². The van der Waals surface area contributed by atoms with E-state index in [9.17, 15) is 15.8 Å². The van der Waals surface area contributed by atoms with Gasteiger partial charge < -0.3 is 13.7 Å². The molecule has 0 unspecified atom stereocenters. The summed E-state index contributed by atoms with van der Waals surface area (Å²) in [4.78, 5) is 46.8. The molecule has 0 aliphatic carbocycles. The van der Waals surface area contributed by atoms with Crippen molar-refractivity contribution in [3.8, 4) is 182 Å². The molecule has 6 heterocycles. The van der Waals surface area contributed by atoms with E-state index in [0.29, 0.717) is 92.3 Å². The summed E-state index contributed by atoms with van der Waals surface area (Å²) in [6, 6.07) is 144. The Bertz CT molecular complexity index is 9300. The van der Waals surface area contributed by atoms with Gasteiger partial charge in [-0.05, 0) is 240 Å². The highest BCUT2D eigenvalue weighted by Gasteiger charge is 2.29. The van der Waals surface area contributed by atoms with Gasteiger partial charge in [-0.1, -0.05) is 297 Å². The molecule has 15 heteroatoms. The van der Waals surface area contributed by atoms with Gasteiger partial charge in [0.15, 0.2) is 40.8 Å². The largest absolute Gasteiger partial charge is 0.308 e. The van der Waals surface area contributed by atoms with E-state index in [4.69, 9.17) is 44.9 Å². The molecule has 6 aromatic heterocycles. The molecule has 0 spiro atoms.